The van der Waals surface area contributed by atoms with Crippen molar-refractivity contribution >= 4 is 11.8 Å². The van der Waals surface area contributed by atoms with E-state index in [9.17, 15) is 24.9 Å². The zero-order valence-electron chi connectivity index (χ0n) is 11.5. The predicted molar refractivity (Wildman–Crippen MR) is 59.9 cm³/mol. The Morgan fingerprint density at radius 3 is 1.28 bits per heavy atom. The van der Waals surface area contributed by atoms with Crippen LogP contribution in [-0.4, -0.2) is 25.0 Å². The fourth-order valence-corrected chi connectivity index (χ4v) is 0.492. The van der Waals surface area contributed by atoms with Gasteiger partial charge in [0, 0.05) is 12.4 Å². The van der Waals surface area contributed by atoms with Crippen LogP contribution in [0.1, 0.15) is 52.9 Å². The summed E-state index contributed by atoms with van der Waals surface area (Å²) in [7, 11) is 0. The first-order chi connectivity index (χ1) is 7.95. The van der Waals surface area contributed by atoms with E-state index < -0.39 is 12.4 Å². The van der Waals surface area contributed by atoms with Crippen LogP contribution in [0, 0.1) is 0 Å². The van der Waals surface area contributed by atoms with E-state index in [2.05, 4.69) is 0 Å². The molecule has 5 nitrogen and oxygen atoms in total. The standard InChI is InChI=1S/C4H6O3.2C4H9O.Zr/c1-3(5)2-4(6)7;2*1-2-3-4-5;/h2H2,1H3,(H,6,7);2*2-4H2,1H3;/q;2*-1;+3/p-1. The van der Waals surface area contributed by atoms with Crippen molar-refractivity contribution in [1.82, 2.24) is 0 Å². The Kier molecular flexibility index (Phi) is 37.8. The molecular formula is C12H23O5Zr. The molecule has 0 amide bonds. The minimum atomic E-state index is -1.31. The Labute approximate surface area is 129 Å². The van der Waals surface area contributed by atoms with E-state index in [1.807, 2.05) is 13.8 Å². The van der Waals surface area contributed by atoms with Gasteiger partial charge in [-0.25, -0.2) is 0 Å². The second-order valence-corrected chi connectivity index (χ2v) is 3.37. The number of hydrogen-bond donors (Lipinski definition) is 0. The van der Waals surface area contributed by atoms with Gasteiger partial charge in [0.15, 0.2) is 0 Å². The third kappa shape index (κ3) is 56.4. The molecule has 0 aromatic carbocycles. The number of carboxylic acid groups (broad SMARTS) is 1. The van der Waals surface area contributed by atoms with Crippen LogP contribution >= 0.6 is 0 Å². The van der Waals surface area contributed by atoms with Crippen molar-refractivity contribution in [3.8, 4) is 0 Å². The number of aliphatic carboxylic acids is 1. The molecule has 0 N–H and O–H groups in total. The summed E-state index contributed by atoms with van der Waals surface area (Å²) in [5.41, 5.74) is 0. The maximum absolute atomic E-state index is 9.83. The maximum Gasteiger partial charge on any atom is 3.00 e. The van der Waals surface area contributed by atoms with Gasteiger partial charge in [0.2, 0.25) is 0 Å². The smallest absolute Gasteiger partial charge is 0.854 e. The fourth-order valence-electron chi connectivity index (χ4n) is 0.492. The van der Waals surface area contributed by atoms with Gasteiger partial charge in [-0.05, 0) is 6.92 Å². The van der Waals surface area contributed by atoms with Crippen LogP contribution in [0.25, 0.3) is 0 Å². The van der Waals surface area contributed by atoms with Crippen LogP contribution in [0.3, 0.4) is 0 Å². The van der Waals surface area contributed by atoms with E-state index >= 15 is 0 Å². The summed E-state index contributed by atoms with van der Waals surface area (Å²) in [6.07, 6.45) is 3.26. The summed E-state index contributed by atoms with van der Waals surface area (Å²) < 4.78 is 0. The second-order valence-electron chi connectivity index (χ2n) is 3.37. The van der Waals surface area contributed by atoms with Crippen LogP contribution in [0.4, 0.5) is 0 Å². The number of rotatable bonds is 6. The van der Waals surface area contributed by atoms with E-state index in [0.29, 0.717) is 0 Å². The summed E-state index contributed by atoms with van der Waals surface area (Å²) >= 11 is 0. The fraction of sp³-hybridized carbons (Fsp3) is 0.833. The van der Waals surface area contributed by atoms with Gasteiger partial charge in [0.1, 0.15) is 5.78 Å². The molecule has 105 valence electrons. The molecule has 0 bridgehead atoms. The monoisotopic (exact) mass is 337 g/mol. The molecule has 0 spiro atoms. The number of ketones is 1. The van der Waals surface area contributed by atoms with E-state index in [4.69, 9.17) is 0 Å². The molecule has 0 aliphatic carbocycles. The first-order valence-corrected chi connectivity index (χ1v) is 5.81. The molecule has 0 unspecified atom stereocenters. The number of carboxylic acids is 1. The minimum Gasteiger partial charge on any atom is -0.854 e. The van der Waals surface area contributed by atoms with Crippen molar-refractivity contribution < 1.29 is 51.1 Å². The molecule has 0 heterocycles. The topological polar surface area (TPSA) is 103 Å². The molecule has 0 fully saturated rings. The molecule has 0 aromatic heterocycles. The molecule has 6 heteroatoms. The minimum absolute atomic E-state index is 0. The summed E-state index contributed by atoms with van der Waals surface area (Å²) in [5, 5.41) is 28.5. The molecular weight excluding hydrogens is 315 g/mol. The van der Waals surface area contributed by atoms with Gasteiger partial charge in [-0.15, -0.1) is 13.2 Å². The van der Waals surface area contributed by atoms with Gasteiger partial charge < -0.3 is 20.1 Å². The van der Waals surface area contributed by atoms with Crippen molar-refractivity contribution in [3.63, 3.8) is 0 Å². The summed E-state index contributed by atoms with van der Waals surface area (Å²) in [4.78, 5) is 19.3. The van der Waals surface area contributed by atoms with Crippen LogP contribution in [-0.2, 0) is 35.8 Å². The van der Waals surface area contributed by atoms with E-state index in [-0.39, 0.29) is 45.2 Å². The van der Waals surface area contributed by atoms with Crippen molar-refractivity contribution in [1.29, 1.82) is 0 Å². The predicted octanol–water partition coefficient (Wildman–Crippen LogP) is -0.993. The number of unbranched alkanes of at least 4 members (excludes halogenated alkanes) is 2. The number of Topliss-reactive ketones (excluding diaryl/α,β-unsaturated/α-hetero) is 1. The number of hydrogen-bond acceptors (Lipinski definition) is 5. The number of carbonyl (C=O) groups excluding carboxylic acids is 2. The normalized spacial score (nSPS) is 7.83. The van der Waals surface area contributed by atoms with Crippen molar-refractivity contribution in [2.24, 2.45) is 0 Å². The molecule has 0 saturated carbocycles. The molecule has 0 aliphatic heterocycles. The Bertz CT molecular complexity index is 152. The quantitative estimate of drug-likeness (QED) is 0.578. The molecule has 0 rings (SSSR count). The average Bonchev–Trinajstić information content (AvgIpc) is 2.19. The first-order valence-electron chi connectivity index (χ1n) is 5.81. The molecule has 0 aromatic rings. The summed E-state index contributed by atoms with van der Waals surface area (Å²) in [6, 6.07) is 0. The zero-order chi connectivity index (χ0) is 14.1. The third-order valence-electron chi connectivity index (χ3n) is 1.39. The van der Waals surface area contributed by atoms with Crippen LogP contribution in [0.2, 0.25) is 0 Å². The van der Waals surface area contributed by atoms with Crippen molar-refractivity contribution in [3.05, 3.63) is 0 Å². The molecule has 18 heavy (non-hydrogen) atoms. The van der Waals surface area contributed by atoms with Gasteiger partial charge in [-0.2, -0.15) is 0 Å². The summed E-state index contributed by atoms with van der Waals surface area (Å²) in [6.45, 7) is 5.42. The van der Waals surface area contributed by atoms with Crippen molar-refractivity contribution in [2.45, 2.75) is 52.9 Å². The SMILES string of the molecule is CC(=O)CC(=O)[O-].CCCC[O-].CCCC[O-].[Zr+3]. The van der Waals surface area contributed by atoms with Crippen molar-refractivity contribution in [2.75, 3.05) is 13.2 Å². The Hall–Kier alpha value is -0.0569. The third-order valence-corrected chi connectivity index (χ3v) is 1.39. The largest absolute Gasteiger partial charge is 3.00 e. The van der Waals surface area contributed by atoms with E-state index in [0.717, 1.165) is 25.7 Å². The average molecular weight is 339 g/mol. The molecule has 0 saturated heterocycles. The van der Waals surface area contributed by atoms with Gasteiger partial charge in [0.05, 0.1) is 0 Å². The van der Waals surface area contributed by atoms with Crippen LogP contribution < -0.4 is 15.3 Å². The van der Waals surface area contributed by atoms with Crippen LogP contribution in [0.15, 0.2) is 0 Å². The summed E-state index contributed by atoms with van der Waals surface area (Å²) in [5.74, 6) is -1.69. The molecule has 0 atom stereocenters. The maximum atomic E-state index is 9.83. The van der Waals surface area contributed by atoms with Gasteiger partial charge in [-0.3, -0.25) is 4.79 Å². The Balaban J connectivity index is -0.0000000813. The second kappa shape index (κ2) is 25.7. The Morgan fingerprint density at radius 1 is 0.944 bits per heavy atom. The van der Waals surface area contributed by atoms with Gasteiger partial charge in [-0.1, -0.05) is 39.5 Å². The van der Waals surface area contributed by atoms with E-state index in [1.54, 1.807) is 0 Å². The van der Waals surface area contributed by atoms with Crippen LogP contribution in [0.5, 0.6) is 0 Å². The van der Waals surface area contributed by atoms with Gasteiger partial charge in [0.25, 0.3) is 0 Å². The first kappa shape index (κ1) is 26.5. The van der Waals surface area contributed by atoms with E-state index in [1.165, 1.54) is 6.92 Å². The molecule has 0 aliphatic rings. The zero-order valence-corrected chi connectivity index (χ0v) is 13.9. The number of carbonyl (C=O) groups is 2. The van der Waals surface area contributed by atoms with Gasteiger partial charge >= 0.3 is 26.2 Å². The molecule has 1 radical (unpaired) electrons. The Morgan fingerprint density at radius 2 is 1.28 bits per heavy atom.